The van der Waals surface area contributed by atoms with Crippen molar-refractivity contribution in [2.75, 3.05) is 30.7 Å². The highest BCUT2D eigenvalue weighted by Crippen LogP contribution is 2.17. The molecule has 0 aliphatic carbocycles. The first-order chi connectivity index (χ1) is 9.19. The molecule has 1 saturated heterocycles. The SMILES string of the molecule is Nc1cccc(NC(=O)CN2CCCCC2CO)c1. The predicted molar refractivity (Wildman–Crippen MR) is 75.8 cm³/mol. The minimum Gasteiger partial charge on any atom is -0.399 e. The molecule has 0 radical (unpaired) electrons. The van der Waals surface area contributed by atoms with Crippen LogP contribution < -0.4 is 11.1 Å². The quantitative estimate of drug-likeness (QED) is 0.710. The molecule has 104 valence electrons. The lowest BCUT2D eigenvalue weighted by Gasteiger charge is -2.33. The van der Waals surface area contributed by atoms with Gasteiger partial charge in [0, 0.05) is 17.4 Å². The van der Waals surface area contributed by atoms with E-state index in [-0.39, 0.29) is 18.6 Å². The van der Waals surface area contributed by atoms with Gasteiger partial charge in [-0.3, -0.25) is 9.69 Å². The van der Waals surface area contributed by atoms with E-state index in [1.807, 2.05) is 17.0 Å². The van der Waals surface area contributed by atoms with Gasteiger partial charge in [0.1, 0.15) is 0 Å². The van der Waals surface area contributed by atoms with Crippen LogP contribution in [0.1, 0.15) is 19.3 Å². The Bertz CT molecular complexity index is 436. The molecule has 1 aromatic carbocycles. The second kappa shape index (κ2) is 6.54. The van der Waals surface area contributed by atoms with Crippen LogP contribution in [-0.2, 0) is 4.79 Å². The number of nitrogen functional groups attached to an aromatic ring is 1. The Morgan fingerprint density at radius 2 is 2.32 bits per heavy atom. The van der Waals surface area contributed by atoms with Gasteiger partial charge in [0.15, 0.2) is 0 Å². The number of likely N-dealkylation sites (tertiary alicyclic amines) is 1. The van der Waals surface area contributed by atoms with Gasteiger partial charge in [-0.2, -0.15) is 0 Å². The van der Waals surface area contributed by atoms with E-state index < -0.39 is 0 Å². The molecule has 19 heavy (non-hydrogen) atoms. The summed E-state index contributed by atoms with van der Waals surface area (Å²) in [5, 5.41) is 12.1. The van der Waals surface area contributed by atoms with Gasteiger partial charge >= 0.3 is 0 Å². The highest BCUT2D eigenvalue weighted by atomic mass is 16.3. The highest BCUT2D eigenvalue weighted by Gasteiger charge is 2.23. The molecule has 4 N–H and O–H groups in total. The summed E-state index contributed by atoms with van der Waals surface area (Å²) in [5.41, 5.74) is 7.01. The second-order valence-corrected chi connectivity index (χ2v) is 4.98. The van der Waals surface area contributed by atoms with E-state index in [0.717, 1.165) is 25.8 Å². The van der Waals surface area contributed by atoms with E-state index in [1.165, 1.54) is 0 Å². The lowest BCUT2D eigenvalue weighted by molar-refractivity contribution is -0.118. The third-order valence-electron chi connectivity index (χ3n) is 3.48. The van der Waals surface area contributed by atoms with Crippen molar-refractivity contribution >= 4 is 17.3 Å². The second-order valence-electron chi connectivity index (χ2n) is 4.98. The molecule has 2 rings (SSSR count). The third kappa shape index (κ3) is 3.94. The number of nitrogens with two attached hydrogens (primary N) is 1. The Hall–Kier alpha value is -1.59. The van der Waals surface area contributed by atoms with Crippen molar-refractivity contribution in [3.05, 3.63) is 24.3 Å². The molecule has 0 bridgehead atoms. The summed E-state index contributed by atoms with van der Waals surface area (Å²) in [6.45, 7) is 1.31. The van der Waals surface area contributed by atoms with E-state index in [0.29, 0.717) is 17.9 Å². The molecule has 1 unspecified atom stereocenters. The van der Waals surface area contributed by atoms with Gasteiger partial charge < -0.3 is 16.2 Å². The van der Waals surface area contributed by atoms with Crippen LogP contribution in [0.2, 0.25) is 0 Å². The van der Waals surface area contributed by atoms with Crippen molar-refractivity contribution in [2.45, 2.75) is 25.3 Å². The van der Waals surface area contributed by atoms with Crippen LogP contribution in [0.3, 0.4) is 0 Å². The number of amides is 1. The minimum atomic E-state index is -0.0639. The Kier molecular flexibility index (Phi) is 4.76. The minimum absolute atomic E-state index is 0.0639. The summed E-state index contributed by atoms with van der Waals surface area (Å²) in [6.07, 6.45) is 3.17. The smallest absolute Gasteiger partial charge is 0.238 e. The van der Waals surface area contributed by atoms with Crippen molar-refractivity contribution in [1.29, 1.82) is 0 Å². The van der Waals surface area contributed by atoms with E-state index >= 15 is 0 Å². The number of nitrogens with one attached hydrogen (secondary N) is 1. The molecule has 1 amide bonds. The van der Waals surface area contributed by atoms with Gasteiger partial charge in [0.05, 0.1) is 13.2 Å². The topological polar surface area (TPSA) is 78.6 Å². The zero-order valence-electron chi connectivity index (χ0n) is 11.0. The summed E-state index contributed by atoms with van der Waals surface area (Å²) in [4.78, 5) is 14.0. The van der Waals surface area contributed by atoms with Crippen LogP contribution >= 0.6 is 0 Å². The molecule has 5 nitrogen and oxygen atoms in total. The van der Waals surface area contributed by atoms with Crippen molar-refractivity contribution in [1.82, 2.24) is 4.90 Å². The van der Waals surface area contributed by atoms with Crippen molar-refractivity contribution in [3.8, 4) is 0 Å². The molecule has 1 aliphatic heterocycles. The first-order valence-electron chi connectivity index (χ1n) is 6.69. The average molecular weight is 263 g/mol. The van der Waals surface area contributed by atoms with E-state index in [2.05, 4.69) is 5.32 Å². The summed E-state index contributed by atoms with van der Waals surface area (Å²) in [7, 11) is 0. The molecular weight excluding hydrogens is 242 g/mol. The lowest BCUT2D eigenvalue weighted by atomic mass is 10.0. The van der Waals surface area contributed by atoms with Crippen LogP contribution in [0, 0.1) is 0 Å². The third-order valence-corrected chi connectivity index (χ3v) is 3.48. The van der Waals surface area contributed by atoms with Crippen LogP contribution in [0.4, 0.5) is 11.4 Å². The fraction of sp³-hybridized carbons (Fsp3) is 0.500. The standard InChI is InChI=1S/C14H21N3O2/c15-11-4-3-5-12(8-11)16-14(19)9-17-7-2-1-6-13(17)10-18/h3-5,8,13,18H,1-2,6-7,9-10,15H2,(H,16,19). The number of carbonyl (C=O) groups is 1. The van der Waals surface area contributed by atoms with Gasteiger partial charge in [0.2, 0.25) is 5.91 Å². The summed E-state index contributed by atoms with van der Waals surface area (Å²) in [5.74, 6) is -0.0639. The molecule has 0 aromatic heterocycles. The number of aliphatic hydroxyl groups is 1. The fourth-order valence-electron chi connectivity index (χ4n) is 2.48. The Labute approximate surface area is 113 Å². The number of carbonyl (C=O) groups excluding carboxylic acids is 1. The molecule has 1 aliphatic rings. The first-order valence-corrected chi connectivity index (χ1v) is 6.69. The number of anilines is 2. The Morgan fingerprint density at radius 1 is 1.47 bits per heavy atom. The zero-order chi connectivity index (χ0) is 13.7. The fourth-order valence-corrected chi connectivity index (χ4v) is 2.48. The van der Waals surface area contributed by atoms with Crippen molar-refractivity contribution < 1.29 is 9.90 Å². The zero-order valence-corrected chi connectivity index (χ0v) is 11.0. The highest BCUT2D eigenvalue weighted by molar-refractivity contribution is 5.92. The maximum Gasteiger partial charge on any atom is 0.238 e. The molecule has 1 aromatic rings. The number of piperidine rings is 1. The van der Waals surface area contributed by atoms with Crippen LogP contribution in [-0.4, -0.2) is 41.7 Å². The predicted octanol–water partition coefficient (Wildman–Crippen LogP) is 1.05. The number of rotatable bonds is 4. The summed E-state index contributed by atoms with van der Waals surface area (Å²) in [6, 6.07) is 7.25. The number of hydrogen-bond acceptors (Lipinski definition) is 4. The lowest BCUT2D eigenvalue weighted by Crippen LogP contribution is -2.45. The molecular formula is C14H21N3O2. The van der Waals surface area contributed by atoms with Crippen LogP contribution in [0.15, 0.2) is 24.3 Å². The molecule has 1 heterocycles. The molecule has 1 atom stereocenters. The van der Waals surface area contributed by atoms with Crippen molar-refractivity contribution in [3.63, 3.8) is 0 Å². The maximum absolute atomic E-state index is 12.0. The molecule has 1 fully saturated rings. The number of hydrogen-bond donors (Lipinski definition) is 3. The van der Waals surface area contributed by atoms with Gasteiger partial charge in [-0.15, -0.1) is 0 Å². The largest absolute Gasteiger partial charge is 0.399 e. The van der Waals surface area contributed by atoms with Gasteiger partial charge in [-0.25, -0.2) is 0 Å². The molecule has 5 heteroatoms. The van der Waals surface area contributed by atoms with E-state index in [1.54, 1.807) is 12.1 Å². The van der Waals surface area contributed by atoms with Crippen LogP contribution in [0.5, 0.6) is 0 Å². The Morgan fingerprint density at radius 3 is 3.05 bits per heavy atom. The summed E-state index contributed by atoms with van der Waals surface area (Å²) < 4.78 is 0. The maximum atomic E-state index is 12.0. The van der Waals surface area contributed by atoms with Crippen molar-refractivity contribution in [2.24, 2.45) is 0 Å². The molecule has 0 saturated carbocycles. The monoisotopic (exact) mass is 263 g/mol. The molecule has 0 spiro atoms. The first kappa shape index (κ1) is 13.8. The average Bonchev–Trinajstić information content (AvgIpc) is 2.39. The van der Waals surface area contributed by atoms with E-state index in [4.69, 9.17) is 5.73 Å². The number of benzene rings is 1. The van der Waals surface area contributed by atoms with Gasteiger partial charge in [-0.1, -0.05) is 12.5 Å². The Balaban J connectivity index is 1.90. The summed E-state index contributed by atoms with van der Waals surface area (Å²) >= 11 is 0. The number of aliphatic hydroxyl groups excluding tert-OH is 1. The normalized spacial score (nSPS) is 20.2. The van der Waals surface area contributed by atoms with Gasteiger partial charge in [-0.05, 0) is 37.6 Å². The number of nitrogens with zero attached hydrogens (tertiary/aromatic N) is 1. The van der Waals surface area contributed by atoms with E-state index in [9.17, 15) is 9.90 Å². The van der Waals surface area contributed by atoms with Gasteiger partial charge in [0.25, 0.3) is 0 Å². The van der Waals surface area contributed by atoms with Crippen LogP contribution in [0.25, 0.3) is 0 Å².